The van der Waals surface area contributed by atoms with Crippen molar-refractivity contribution in [2.45, 2.75) is 45.1 Å². The number of rotatable bonds is 7. The number of carbonyl (C=O) groups excluding carboxylic acids is 1. The molecule has 0 unspecified atom stereocenters. The maximum Gasteiger partial charge on any atom is 0.223 e. The van der Waals surface area contributed by atoms with E-state index >= 15 is 0 Å². The lowest BCUT2D eigenvalue weighted by molar-refractivity contribution is -0.130. The van der Waals surface area contributed by atoms with E-state index in [0.717, 1.165) is 19.6 Å². The standard InChI is InChI=1S/C17H26N2O/c1-3-19(4-2)17(20)10-11-18-16-12-15(13-16)14-8-6-5-7-9-14/h5-9,15-16,18H,3-4,10-13H2,1-2H3. The van der Waals surface area contributed by atoms with Crippen LogP contribution < -0.4 is 5.32 Å². The van der Waals surface area contributed by atoms with Crippen molar-refractivity contribution in [3.8, 4) is 0 Å². The number of hydrogen-bond donors (Lipinski definition) is 1. The van der Waals surface area contributed by atoms with Crippen LogP contribution in [0.1, 0.15) is 44.6 Å². The van der Waals surface area contributed by atoms with Crippen molar-refractivity contribution in [2.75, 3.05) is 19.6 Å². The summed E-state index contributed by atoms with van der Waals surface area (Å²) < 4.78 is 0. The summed E-state index contributed by atoms with van der Waals surface area (Å²) in [5.74, 6) is 0.966. The van der Waals surface area contributed by atoms with E-state index < -0.39 is 0 Å². The molecule has 3 nitrogen and oxygen atoms in total. The summed E-state index contributed by atoms with van der Waals surface area (Å²) >= 11 is 0. The van der Waals surface area contributed by atoms with Gasteiger partial charge in [-0.3, -0.25) is 4.79 Å². The maximum atomic E-state index is 11.9. The molecule has 0 aliphatic heterocycles. The summed E-state index contributed by atoms with van der Waals surface area (Å²) in [6, 6.07) is 11.3. The third-order valence-electron chi connectivity index (χ3n) is 4.30. The molecule has 0 aromatic heterocycles. The number of nitrogens with one attached hydrogen (secondary N) is 1. The zero-order valence-electron chi connectivity index (χ0n) is 12.6. The smallest absolute Gasteiger partial charge is 0.223 e. The van der Waals surface area contributed by atoms with Crippen molar-refractivity contribution in [3.63, 3.8) is 0 Å². The first kappa shape index (κ1) is 15.0. The molecule has 1 aromatic carbocycles. The fraction of sp³-hybridized carbons (Fsp3) is 0.588. The van der Waals surface area contributed by atoms with E-state index in [1.54, 1.807) is 0 Å². The van der Waals surface area contributed by atoms with Crippen LogP contribution in [-0.2, 0) is 4.79 Å². The van der Waals surface area contributed by atoms with Gasteiger partial charge in [0.15, 0.2) is 0 Å². The predicted octanol–water partition coefficient (Wildman–Crippen LogP) is 2.78. The van der Waals surface area contributed by atoms with Crippen molar-refractivity contribution in [3.05, 3.63) is 35.9 Å². The van der Waals surface area contributed by atoms with Gasteiger partial charge in [0.25, 0.3) is 0 Å². The third-order valence-corrected chi connectivity index (χ3v) is 4.30. The molecule has 1 aliphatic carbocycles. The summed E-state index contributed by atoms with van der Waals surface area (Å²) in [7, 11) is 0. The third kappa shape index (κ3) is 3.83. The van der Waals surface area contributed by atoms with Gasteiger partial charge in [-0.15, -0.1) is 0 Å². The molecule has 0 radical (unpaired) electrons. The van der Waals surface area contributed by atoms with Crippen LogP contribution >= 0.6 is 0 Å². The second-order valence-corrected chi connectivity index (χ2v) is 5.55. The first-order chi connectivity index (χ1) is 9.74. The topological polar surface area (TPSA) is 32.3 Å². The average molecular weight is 274 g/mol. The van der Waals surface area contributed by atoms with E-state index in [1.165, 1.54) is 18.4 Å². The molecule has 1 aliphatic rings. The van der Waals surface area contributed by atoms with E-state index in [9.17, 15) is 4.79 Å². The second-order valence-electron chi connectivity index (χ2n) is 5.55. The number of carbonyl (C=O) groups is 1. The minimum atomic E-state index is 0.265. The van der Waals surface area contributed by atoms with Gasteiger partial charge in [-0.1, -0.05) is 30.3 Å². The van der Waals surface area contributed by atoms with Crippen LogP contribution in [0.2, 0.25) is 0 Å². The van der Waals surface area contributed by atoms with Gasteiger partial charge >= 0.3 is 0 Å². The Morgan fingerprint density at radius 3 is 2.45 bits per heavy atom. The van der Waals surface area contributed by atoms with Crippen LogP contribution in [0, 0.1) is 0 Å². The molecule has 0 saturated heterocycles. The largest absolute Gasteiger partial charge is 0.343 e. The average Bonchev–Trinajstić information content (AvgIpc) is 2.43. The molecule has 0 spiro atoms. The maximum absolute atomic E-state index is 11.9. The zero-order valence-corrected chi connectivity index (χ0v) is 12.6. The van der Waals surface area contributed by atoms with Gasteiger partial charge < -0.3 is 10.2 Å². The lowest BCUT2D eigenvalue weighted by atomic mass is 9.76. The van der Waals surface area contributed by atoms with E-state index in [2.05, 4.69) is 35.6 Å². The van der Waals surface area contributed by atoms with Crippen LogP contribution in [-0.4, -0.2) is 36.5 Å². The summed E-state index contributed by atoms with van der Waals surface area (Å²) in [4.78, 5) is 13.8. The van der Waals surface area contributed by atoms with E-state index in [4.69, 9.17) is 0 Å². The van der Waals surface area contributed by atoms with E-state index in [1.807, 2.05) is 18.7 Å². The monoisotopic (exact) mass is 274 g/mol. The summed E-state index contributed by atoms with van der Waals surface area (Å²) in [6.07, 6.45) is 3.02. The van der Waals surface area contributed by atoms with Crippen molar-refractivity contribution in [1.82, 2.24) is 10.2 Å². The highest BCUT2D eigenvalue weighted by Crippen LogP contribution is 2.36. The SMILES string of the molecule is CCN(CC)C(=O)CCNC1CC(c2ccccc2)C1. The number of amides is 1. The zero-order chi connectivity index (χ0) is 14.4. The molecular weight excluding hydrogens is 248 g/mol. The Hall–Kier alpha value is -1.35. The molecule has 1 fully saturated rings. The number of benzene rings is 1. The van der Waals surface area contributed by atoms with Gasteiger partial charge in [0.05, 0.1) is 0 Å². The summed E-state index contributed by atoms with van der Waals surface area (Å²) in [6.45, 7) is 6.50. The minimum absolute atomic E-state index is 0.265. The first-order valence-electron chi connectivity index (χ1n) is 7.80. The molecule has 1 saturated carbocycles. The second kappa shape index (κ2) is 7.44. The Balaban J connectivity index is 1.62. The fourth-order valence-corrected chi connectivity index (χ4v) is 2.90. The fourth-order valence-electron chi connectivity index (χ4n) is 2.90. The number of hydrogen-bond acceptors (Lipinski definition) is 2. The Kier molecular flexibility index (Phi) is 5.60. The normalized spacial score (nSPS) is 21.3. The predicted molar refractivity (Wildman–Crippen MR) is 82.8 cm³/mol. The quantitative estimate of drug-likeness (QED) is 0.829. The Morgan fingerprint density at radius 1 is 1.20 bits per heavy atom. The molecule has 0 atom stereocenters. The van der Waals surface area contributed by atoms with E-state index in [0.29, 0.717) is 18.4 Å². The Morgan fingerprint density at radius 2 is 1.85 bits per heavy atom. The van der Waals surface area contributed by atoms with Gasteiger partial charge in [0.2, 0.25) is 5.91 Å². The van der Waals surface area contributed by atoms with Crippen molar-refractivity contribution in [1.29, 1.82) is 0 Å². The highest BCUT2D eigenvalue weighted by atomic mass is 16.2. The number of nitrogens with zero attached hydrogens (tertiary/aromatic N) is 1. The van der Waals surface area contributed by atoms with Gasteiger partial charge in [-0.2, -0.15) is 0 Å². The van der Waals surface area contributed by atoms with Crippen molar-refractivity contribution in [2.24, 2.45) is 0 Å². The molecule has 20 heavy (non-hydrogen) atoms. The highest BCUT2D eigenvalue weighted by Gasteiger charge is 2.29. The lowest BCUT2D eigenvalue weighted by Crippen LogP contribution is -2.42. The van der Waals surface area contributed by atoms with Gasteiger partial charge in [-0.25, -0.2) is 0 Å². The molecular formula is C17H26N2O. The first-order valence-corrected chi connectivity index (χ1v) is 7.80. The lowest BCUT2D eigenvalue weighted by Gasteiger charge is -2.36. The van der Waals surface area contributed by atoms with Gasteiger partial charge in [-0.05, 0) is 38.2 Å². The molecule has 0 bridgehead atoms. The van der Waals surface area contributed by atoms with Gasteiger partial charge in [0, 0.05) is 32.1 Å². The Bertz CT molecular complexity index is 408. The minimum Gasteiger partial charge on any atom is -0.343 e. The van der Waals surface area contributed by atoms with Crippen LogP contribution in [0.15, 0.2) is 30.3 Å². The molecule has 0 heterocycles. The van der Waals surface area contributed by atoms with E-state index in [-0.39, 0.29) is 5.91 Å². The van der Waals surface area contributed by atoms with Crippen LogP contribution in [0.3, 0.4) is 0 Å². The van der Waals surface area contributed by atoms with Crippen molar-refractivity contribution >= 4 is 5.91 Å². The summed E-state index contributed by atoms with van der Waals surface area (Å²) in [5, 5.41) is 3.51. The highest BCUT2D eigenvalue weighted by molar-refractivity contribution is 5.76. The van der Waals surface area contributed by atoms with Crippen molar-refractivity contribution < 1.29 is 4.79 Å². The molecule has 1 amide bonds. The van der Waals surface area contributed by atoms with Crippen LogP contribution in [0.25, 0.3) is 0 Å². The molecule has 110 valence electrons. The van der Waals surface area contributed by atoms with Gasteiger partial charge in [0.1, 0.15) is 0 Å². The van der Waals surface area contributed by atoms with Crippen LogP contribution in [0.5, 0.6) is 0 Å². The molecule has 2 rings (SSSR count). The molecule has 3 heteroatoms. The Labute approximate surface area is 122 Å². The summed E-state index contributed by atoms with van der Waals surface area (Å²) in [5.41, 5.74) is 1.45. The molecule has 1 aromatic rings. The molecule has 1 N–H and O–H groups in total. The van der Waals surface area contributed by atoms with Crippen LogP contribution in [0.4, 0.5) is 0 Å².